The van der Waals surface area contributed by atoms with E-state index in [1.165, 1.54) is 6.07 Å². The molecule has 7 nitrogen and oxygen atoms in total. The standard InChI is InChI=1S/C17H15N3O4/c21-14-7-8-15(22)20(14)11-4-1-3-10(9-11)16(23)18-17-12-5-2-6-13(12)19-24-17/h1,3-4,9H,2,5-8H2,(H,18,23). The van der Waals surface area contributed by atoms with Crippen LogP contribution in [0.2, 0.25) is 0 Å². The summed E-state index contributed by atoms with van der Waals surface area (Å²) in [5, 5.41) is 6.68. The Labute approximate surface area is 137 Å². The van der Waals surface area contributed by atoms with Crippen molar-refractivity contribution in [2.75, 3.05) is 10.2 Å². The van der Waals surface area contributed by atoms with E-state index in [4.69, 9.17) is 4.52 Å². The maximum absolute atomic E-state index is 12.5. The van der Waals surface area contributed by atoms with Crippen LogP contribution in [0.5, 0.6) is 0 Å². The summed E-state index contributed by atoms with van der Waals surface area (Å²) in [6, 6.07) is 6.45. The van der Waals surface area contributed by atoms with Crippen molar-refractivity contribution in [1.29, 1.82) is 0 Å². The highest BCUT2D eigenvalue weighted by Crippen LogP contribution is 2.29. The lowest BCUT2D eigenvalue weighted by atomic mass is 10.1. The van der Waals surface area contributed by atoms with E-state index in [1.54, 1.807) is 18.2 Å². The van der Waals surface area contributed by atoms with Gasteiger partial charge in [-0.1, -0.05) is 11.2 Å². The van der Waals surface area contributed by atoms with Gasteiger partial charge in [0.2, 0.25) is 17.7 Å². The number of aryl methyl sites for hydroxylation is 1. The van der Waals surface area contributed by atoms with Crippen LogP contribution in [0.15, 0.2) is 28.8 Å². The van der Waals surface area contributed by atoms with Crippen LogP contribution >= 0.6 is 0 Å². The Balaban J connectivity index is 1.58. The largest absolute Gasteiger partial charge is 0.338 e. The zero-order valence-corrected chi connectivity index (χ0v) is 12.9. The Morgan fingerprint density at radius 2 is 1.92 bits per heavy atom. The number of nitrogens with one attached hydrogen (secondary N) is 1. The molecular weight excluding hydrogens is 310 g/mol. The second-order valence-corrected chi connectivity index (χ2v) is 5.92. The van der Waals surface area contributed by atoms with Crippen molar-refractivity contribution in [2.24, 2.45) is 0 Å². The number of rotatable bonds is 3. The first kappa shape index (κ1) is 14.6. The number of hydrogen-bond donors (Lipinski definition) is 1. The molecule has 3 amide bonds. The monoisotopic (exact) mass is 325 g/mol. The molecule has 24 heavy (non-hydrogen) atoms. The van der Waals surface area contributed by atoms with Gasteiger partial charge in [0.1, 0.15) is 0 Å². The molecule has 0 spiro atoms. The molecule has 1 fully saturated rings. The Kier molecular flexibility index (Phi) is 3.41. The van der Waals surface area contributed by atoms with E-state index in [0.717, 1.165) is 35.4 Å². The fourth-order valence-corrected chi connectivity index (χ4v) is 3.15. The summed E-state index contributed by atoms with van der Waals surface area (Å²) in [6.07, 6.45) is 3.12. The molecule has 1 aromatic carbocycles. The Morgan fingerprint density at radius 3 is 2.71 bits per heavy atom. The van der Waals surface area contributed by atoms with Gasteiger partial charge in [-0.05, 0) is 37.5 Å². The number of carbonyl (C=O) groups excluding carboxylic acids is 3. The Bertz CT molecular complexity index is 839. The van der Waals surface area contributed by atoms with Gasteiger partial charge in [-0.2, -0.15) is 0 Å². The van der Waals surface area contributed by atoms with Crippen LogP contribution in [0.1, 0.15) is 40.9 Å². The summed E-state index contributed by atoms with van der Waals surface area (Å²) < 4.78 is 5.19. The molecular formula is C17H15N3O4. The van der Waals surface area contributed by atoms with E-state index in [2.05, 4.69) is 10.5 Å². The molecule has 2 aromatic rings. The van der Waals surface area contributed by atoms with Gasteiger partial charge < -0.3 is 4.52 Å². The number of fused-ring (bicyclic) bond motifs is 1. The lowest BCUT2D eigenvalue weighted by Gasteiger charge is -2.14. The molecule has 4 rings (SSSR count). The smallest absolute Gasteiger partial charge is 0.258 e. The number of hydrogen-bond acceptors (Lipinski definition) is 5. The molecule has 1 aliphatic heterocycles. The summed E-state index contributed by atoms with van der Waals surface area (Å²) in [5.41, 5.74) is 2.61. The van der Waals surface area contributed by atoms with Crippen molar-refractivity contribution in [2.45, 2.75) is 32.1 Å². The summed E-state index contributed by atoms with van der Waals surface area (Å²) >= 11 is 0. The number of carbonyl (C=O) groups is 3. The van der Waals surface area contributed by atoms with Crippen LogP contribution in [0, 0.1) is 0 Å². The zero-order chi connectivity index (χ0) is 16.7. The van der Waals surface area contributed by atoms with Crippen LogP contribution in [0.25, 0.3) is 0 Å². The number of imide groups is 1. The number of nitrogens with zero attached hydrogens (tertiary/aromatic N) is 2. The topological polar surface area (TPSA) is 92.5 Å². The van der Waals surface area contributed by atoms with Gasteiger partial charge in [0, 0.05) is 24.0 Å². The van der Waals surface area contributed by atoms with Crippen LogP contribution in [0.4, 0.5) is 11.6 Å². The number of amides is 3. The molecule has 0 unspecified atom stereocenters. The molecule has 0 atom stereocenters. The molecule has 1 aliphatic carbocycles. The third-order valence-electron chi connectivity index (χ3n) is 4.36. The van der Waals surface area contributed by atoms with E-state index in [1.807, 2.05) is 0 Å². The van der Waals surface area contributed by atoms with Gasteiger partial charge in [0.25, 0.3) is 5.91 Å². The number of anilines is 2. The Hall–Kier alpha value is -2.96. The second kappa shape index (κ2) is 5.59. The summed E-state index contributed by atoms with van der Waals surface area (Å²) in [5.74, 6) is -0.468. The average Bonchev–Trinajstić information content (AvgIpc) is 3.26. The molecule has 1 aromatic heterocycles. The predicted octanol–water partition coefficient (Wildman–Crippen LogP) is 2.07. The van der Waals surface area contributed by atoms with Crippen LogP contribution in [-0.4, -0.2) is 22.9 Å². The first-order valence-corrected chi connectivity index (χ1v) is 7.88. The van der Waals surface area contributed by atoms with Crippen LogP contribution < -0.4 is 10.2 Å². The average molecular weight is 325 g/mol. The number of aromatic nitrogens is 1. The van der Waals surface area contributed by atoms with Crippen molar-refractivity contribution in [3.8, 4) is 0 Å². The van der Waals surface area contributed by atoms with Crippen molar-refractivity contribution in [3.05, 3.63) is 41.1 Å². The highest BCUT2D eigenvalue weighted by Gasteiger charge is 2.30. The normalized spacial score (nSPS) is 16.6. The van der Waals surface area contributed by atoms with Crippen LogP contribution in [0.3, 0.4) is 0 Å². The van der Waals surface area contributed by atoms with Gasteiger partial charge in [0.05, 0.1) is 11.4 Å². The summed E-state index contributed by atoms with van der Waals surface area (Å²) in [4.78, 5) is 37.2. The van der Waals surface area contributed by atoms with Gasteiger partial charge in [-0.3, -0.25) is 24.6 Å². The second-order valence-electron chi connectivity index (χ2n) is 5.92. The van der Waals surface area contributed by atoms with Crippen molar-refractivity contribution >= 4 is 29.3 Å². The fraction of sp³-hybridized carbons (Fsp3) is 0.294. The molecule has 7 heteroatoms. The van der Waals surface area contributed by atoms with Gasteiger partial charge in [-0.25, -0.2) is 0 Å². The lowest BCUT2D eigenvalue weighted by molar-refractivity contribution is -0.121. The van der Waals surface area contributed by atoms with Crippen LogP contribution in [-0.2, 0) is 22.4 Å². The zero-order valence-electron chi connectivity index (χ0n) is 12.9. The van der Waals surface area contributed by atoms with Gasteiger partial charge in [-0.15, -0.1) is 0 Å². The summed E-state index contributed by atoms with van der Waals surface area (Å²) in [7, 11) is 0. The lowest BCUT2D eigenvalue weighted by Crippen LogP contribution is -2.28. The maximum atomic E-state index is 12.5. The minimum absolute atomic E-state index is 0.208. The highest BCUT2D eigenvalue weighted by molar-refractivity contribution is 6.20. The SMILES string of the molecule is O=C(Nc1onc2c1CCC2)c1cccc(N2C(=O)CCC2=O)c1. The van der Waals surface area contributed by atoms with E-state index in [9.17, 15) is 14.4 Å². The van der Waals surface area contributed by atoms with Gasteiger partial charge >= 0.3 is 0 Å². The highest BCUT2D eigenvalue weighted by atomic mass is 16.5. The van der Waals surface area contributed by atoms with Crippen molar-refractivity contribution < 1.29 is 18.9 Å². The molecule has 2 aliphatic rings. The van der Waals surface area contributed by atoms with E-state index in [-0.39, 0.29) is 30.6 Å². The molecule has 0 radical (unpaired) electrons. The third kappa shape index (κ3) is 2.38. The third-order valence-corrected chi connectivity index (χ3v) is 4.36. The van der Waals surface area contributed by atoms with E-state index < -0.39 is 0 Å². The molecule has 122 valence electrons. The Morgan fingerprint density at radius 1 is 1.12 bits per heavy atom. The van der Waals surface area contributed by atoms with E-state index >= 15 is 0 Å². The minimum atomic E-state index is -0.359. The molecule has 2 heterocycles. The van der Waals surface area contributed by atoms with E-state index in [0.29, 0.717) is 17.1 Å². The quantitative estimate of drug-likeness (QED) is 0.872. The predicted molar refractivity (Wildman–Crippen MR) is 84.7 cm³/mol. The maximum Gasteiger partial charge on any atom is 0.258 e. The molecule has 1 N–H and O–H groups in total. The number of benzene rings is 1. The first-order valence-electron chi connectivity index (χ1n) is 7.88. The first-order chi connectivity index (χ1) is 11.6. The summed E-state index contributed by atoms with van der Waals surface area (Å²) in [6.45, 7) is 0. The van der Waals surface area contributed by atoms with Gasteiger partial charge in [0.15, 0.2) is 0 Å². The minimum Gasteiger partial charge on any atom is -0.338 e. The molecule has 0 saturated carbocycles. The molecule has 1 saturated heterocycles. The molecule has 0 bridgehead atoms. The van der Waals surface area contributed by atoms with Crippen molar-refractivity contribution in [3.63, 3.8) is 0 Å². The fourth-order valence-electron chi connectivity index (χ4n) is 3.15. The van der Waals surface area contributed by atoms with Crippen molar-refractivity contribution in [1.82, 2.24) is 5.16 Å².